The monoisotopic (exact) mass is 701 g/mol. The van der Waals surface area contributed by atoms with Crippen LogP contribution in [-0.4, -0.2) is 44.8 Å². The number of likely N-dealkylation sites (N-methyl/N-ethyl adjacent to an activating group) is 1. The van der Waals surface area contributed by atoms with Crippen LogP contribution < -0.4 is 9.62 Å². The van der Waals surface area contributed by atoms with Crippen molar-refractivity contribution in [1.29, 1.82) is 0 Å². The molecular weight excluding hydrogens is 671 g/mol. The molecule has 0 aliphatic rings. The maximum atomic E-state index is 14.3. The third-order valence-corrected chi connectivity index (χ3v) is 9.45. The number of halogens is 4. The zero-order valence-corrected chi connectivity index (χ0v) is 26.9. The van der Waals surface area contributed by atoms with Crippen molar-refractivity contribution >= 4 is 43.5 Å². The van der Waals surface area contributed by atoms with Crippen LogP contribution in [0.1, 0.15) is 22.3 Å². The SMILES string of the molecule is CNC(=O)[C@@H](Cc1ccccc1)N(Cc1ccc(Br)cc1)C(=O)CN(c1cccc(C(F)(F)F)c1)S(=O)(=O)c1ccc(C)cc1. The summed E-state index contributed by atoms with van der Waals surface area (Å²) in [6, 6.07) is 24.5. The summed E-state index contributed by atoms with van der Waals surface area (Å²) in [4.78, 5) is 28.6. The Kier molecular flexibility index (Phi) is 10.7. The predicted molar refractivity (Wildman–Crippen MR) is 170 cm³/mol. The minimum atomic E-state index is -4.76. The van der Waals surface area contributed by atoms with E-state index >= 15 is 0 Å². The molecule has 1 atom stereocenters. The van der Waals surface area contributed by atoms with Crippen molar-refractivity contribution in [3.05, 3.63) is 130 Å². The summed E-state index contributed by atoms with van der Waals surface area (Å²) < 4.78 is 70.6. The van der Waals surface area contributed by atoms with Crippen LogP contribution in [0.2, 0.25) is 0 Å². The summed E-state index contributed by atoms with van der Waals surface area (Å²) in [6.45, 7) is 0.824. The van der Waals surface area contributed by atoms with E-state index in [-0.39, 0.29) is 23.5 Å². The molecule has 0 bridgehead atoms. The lowest BCUT2D eigenvalue weighted by atomic mass is 10.0. The summed E-state index contributed by atoms with van der Waals surface area (Å²) in [5.41, 5.74) is 0.755. The fraction of sp³-hybridized carbons (Fsp3) is 0.212. The first kappa shape index (κ1) is 33.7. The van der Waals surface area contributed by atoms with Crippen molar-refractivity contribution in [3.63, 3.8) is 0 Å². The zero-order valence-electron chi connectivity index (χ0n) is 24.5. The van der Waals surface area contributed by atoms with E-state index in [1.807, 2.05) is 6.07 Å². The number of carbonyl (C=O) groups is 2. The number of benzene rings is 4. The third kappa shape index (κ3) is 8.52. The van der Waals surface area contributed by atoms with Gasteiger partial charge in [0.1, 0.15) is 12.6 Å². The minimum absolute atomic E-state index is 0.0714. The summed E-state index contributed by atoms with van der Waals surface area (Å²) in [6.07, 6.45) is -4.65. The number of aryl methyl sites for hydroxylation is 1. The van der Waals surface area contributed by atoms with Gasteiger partial charge < -0.3 is 10.2 Å². The van der Waals surface area contributed by atoms with Gasteiger partial charge in [0.05, 0.1) is 16.1 Å². The van der Waals surface area contributed by atoms with Gasteiger partial charge in [-0.1, -0.05) is 82.2 Å². The second kappa shape index (κ2) is 14.3. The lowest BCUT2D eigenvalue weighted by molar-refractivity contribution is -0.139. The molecule has 0 heterocycles. The van der Waals surface area contributed by atoms with Crippen LogP contribution in [0.4, 0.5) is 18.9 Å². The number of sulfonamides is 1. The molecule has 0 unspecified atom stereocenters. The maximum absolute atomic E-state index is 14.3. The van der Waals surface area contributed by atoms with Crippen molar-refractivity contribution < 1.29 is 31.2 Å². The number of anilines is 1. The molecule has 4 aromatic carbocycles. The first-order valence-corrected chi connectivity index (χ1v) is 16.1. The van der Waals surface area contributed by atoms with E-state index in [2.05, 4.69) is 21.2 Å². The summed E-state index contributed by atoms with van der Waals surface area (Å²) in [5, 5.41) is 2.59. The van der Waals surface area contributed by atoms with E-state index in [0.717, 1.165) is 27.7 Å². The van der Waals surface area contributed by atoms with Crippen LogP contribution in [0.3, 0.4) is 0 Å². The van der Waals surface area contributed by atoms with Crippen molar-refractivity contribution in [1.82, 2.24) is 10.2 Å². The Morgan fingerprint density at radius 2 is 1.51 bits per heavy atom. The van der Waals surface area contributed by atoms with Gasteiger partial charge in [0, 0.05) is 24.5 Å². The Labute approximate surface area is 268 Å². The summed E-state index contributed by atoms with van der Waals surface area (Å²) in [5.74, 6) is -1.27. The van der Waals surface area contributed by atoms with Crippen LogP contribution >= 0.6 is 15.9 Å². The lowest BCUT2D eigenvalue weighted by Crippen LogP contribution is -2.53. The van der Waals surface area contributed by atoms with Crippen LogP contribution in [0.5, 0.6) is 0 Å². The number of amides is 2. The topological polar surface area (TPSA) is 86.8 Å². The molecule has 2 amide bonds. The van der Waals surface area contributed by atoms with Gasteiger partial charge in [0.25, 0.3) is 10.0 Å². The van der Waals surface area contributed by atoms with Gasteiger partial charge in [-0.25, -0.2) is 8.42 Å². The largest absolute Gasteiger partial charge is 0.416 e. The van der Waals surface area contributed by atoms with E-state index in [0.29, 0.717) is 15.9 Å². The fourth-order valence-corrected chi connectivity index (χ4v) is 6.38. The highest BCUT2D eigenvalue weighted by atomic mass is 79.9. The molecule has 1 N–H and O–H groups in total. The van der Waals surface area contributed by atoms with Gasteiger partial charge in [0.2, 0.25) is 11.8 Å². The van der Waals surface area contributed by atoms with Gasteiger partial charge in [-0.2, -0.15) is 13.2 Å². The summed E-state index contributed by atoms with van der Waals surface area (Å²) >= 11 is 3.38. The van der Waals surface area contributed by atoms with Crippen molar-refractivity contribution in [2.75, 3.05) is 17.9 Å². The molecule has 0 spiro atoms. The van der Waals surface area contributed by atoms with Crippen LogP contribution in [0, 0.1) is 6.92 Å². The van der Waals surface area contributed by atoms with Crippen LogP contribution in [0.15, 0.2) is 112 Å². The highest BCUT2D eigenvalue weighted by molar-refractivity contribution is 9.10. The second-order valence-corrected chi connectivity index (χ2v) is 13.1. The van der Waals surface area contributed by atoms with Gasteiger partial charge in [-0.3, -0.25) is 13.9 Å². The molecule has 0 saturated heterocycles. The highest BCUT2D eigenvalue weighted by Gasteiger charge is 2.36. The Morgan fingerprint density at radius 3 is 2.11 bits per heavy atom. The van der Waals surface area contributed by atoms with E-state index in [1.165, 1.54) is 30.1 Å². The fourth-order valence-electron chi connectivity index (χ4n) is 4.71. The van der Waals surface area contributed by atoms with E-state index in [1.54, 1.807) is 67.6 Å². The lowest BCUT2D eigenvalue weighted by Gasteiger charge is -2.33. The van der Waals surface area contributed by atoms with Crippen molar-refractivity contribution in [3.8, 4) is 0 Å². The molecule has 0 aliphatic heterocycles. The molecular formula is C33H31BrF3N3O4S. The van der Waals surface area contributed by atoms with Crippen molar-refractivity contribution in [2.24, 2.45) is 0 Å². The quantitative estimate of drug-likeness (QED) is 0.197. The van der Waals surface area contributed by atoms with E-state index in [4.69, 9.17) is 0 Å². The van der Waals surface area contributed by atoms with Gasteiger partial charge in [0.15, 0.2) is 0 Å². The van der Waals surface area contributed by atoms with Gasteiger partial charge in [-0.05, 0) is 60.5 Å². The molecule has 0 radical (unpaired) electrons. The standard InChI is InChI=1S/C33H31BrF3N3O4S/c1-23-11-17-29(18-12-23)45(43,44)40(28-10-6-9-26(20-28)33(35,36)37)22-31(41)39(21-25-13-15-27(34)16-14-25)30(32(42)38-2)19-24-7-4-3-5-8-24/h3-18,20,30H,19,21-22H2,1-2H3,(H,38,42)/t30-/m1/s1. The molecule has 0 aliphatic carbocycles. The normalized spacial score (nSPS) is 12.3. The van der Waals surface area contributed by atoms with Crippen LogP contribution in [0.25, 0.3) is 0 Å². The smallest absolute Gasteiger partial charge is 0.357 e. The number of nitrogens with one attached hydrogen (secondary N) is 1. The van der Waals surface area contributed by atoms with Crippen LogP contribution in [-0.2, 0) is 38.8 Å². The van der Waals surface area contributed by atoms with E-state index < -0.39 is 46.2 Å². The average molecular weight is 703 g/mol. The molecule has 0 aromatic heterocycles. The first-order valence-electron chi connectivity index (χ1n) is 13.9. The molecule has 0 saturated carbocycles. The number of hydrogen-bond acceptors (Lipinski definition) is 4. The third-order valence-electron chi connectivity index (χ3n) is 7.13. The highest BCUT2D eigenvalue weighted by Crippen LogP contribution is 2.33. The Bertz CT molecular complexity index is 1730. The molecule has 12 heteroatoms. The number of nitrogens with zero attached hydrogens (tertiary/aromatic N) is 2. The molecule has 0 fully saturated rings. The van der Waals surface area contributed by atoms with Gasteiger partial charge in [-0.15, -0.1) is 0 Å². The number of hydrogen-bond donors (Lipinski definition) is 1. The van der Waals surface area contributed by atoms with E-state index in [9.17, 15) is 31.2 Å². The summed E-state index contributed by atoms with van der Waals surface area (Å²) in [7, 11) is -3.11. The molecule has 4 rings (SSSR count). The molecule has 7 nitrogen and oxygen atoms in total. The predicted octanol–water partition coefficient (Wildman–Crippen LogP) is 6.36. The zero-order chi connectivity index (χ0) is 32.8. The minimum Gasteiger partial charge on any atom is -0.357 e. The Hall–Kier alpha value is -4.16. The number of carbonyl (C=O) groups excluding carboxylic acids is 2. The molecule has 45 heavy (non-hydrogen) atoms. The second-order valence-electron chi connectivity index (χ2n) is 10.3. The maximum Gasteiger partial charge on any atom is 0.416 e. The molecule has 4 aromatic rings. The van der Waals surface area contributed by atoms with Gasteiger partial charge >= 0.3 is 6.18 Å². The first-order chi connectivity index (χ1) is 21.3. The number of rotatable bonds is 11. The van der Waals surface area contributed by atoms with Crippen molar-refractivity contribution in [2.45, 2.75) is 37.0 Å². The Morgan fingerprint density at radius 1 is 0.867 bits per heavy atom. The molecule has 236 valence electrons. The average Bonchev–Trinajstić information content (AvgIpc) is 3.02. The number of alkyl halides is 3. The Balaban J connectivity index is 1.82.